The topological polar surface area (TPSA) is 29.3 Å². The fraction of sp³-hybridized carbons (Fsp3) is 0.647. The van der Waals surface area contributed by atoms with Gasteiger partial charge >= 0.3 is 0 Å². The number of nitrogens with two attached hydrogens (primary N) is 1. The van der Waals surface area contributed by atoms with Gasteiger partial charge in [-0.25, -0.2) is 0 Å². The molecule has 1 aromatic rings. The van der Waals surface area contributed by atoms with Gasteiger partial charge in [-0.05, 0) is 58.2 Å². The van der Waals surface area contributed by atoms with Gasteiger partial charge in [0, 0.05) is 12.1 Å². The highest BCUT2D eigenvalue weighted by molar-refractivity contribution is 5.14. The standard InChI is InChI=1S/C17H30N2/c1-4-13-19(17(2,3)15-18)14-9-8-12-16-10-6-5-7-11-16/h5-7,10-11H,4,8-9,12-15,18H2,1-3H3. The van der Waals surface area contributed by atoms with Crippen LogP contribution in [0.25, 0.3) is 0 Å². The molecule has 0 saturated carbocycles. The van der Waals surface area contributed by atoms with Crippen LogP contribution in [0.5, 0.6) is 0 Å². The Morgan fingerprint density at radius 1 is 1.05 bits per heavy atom. The molecular weight excluding hydrogens is 232 g/mol. The van der Waals surface area contributed by atoms with Crippen molar-refractivity contribution in [3.05, 3.63) is 35.9 Å². The third kappa shape index (κ3) is 5.75. The molecule has 0 spiro atoms. The van der Waals surface area contributed by atoms with E-state index in [2.05, 4.69) is 56.0 Å². The summed E-state index contributed by atoms with van der Waals surface area (Å²) in [6.07, 6.45) is 4.88. The summed E-state index contributed by atoms with van der Waals surface area (Å²) in [5, 5.41) is 0. The van der Waals surface area contributed by atoms with Crippen molar-refractivity contribution in [2.75, 3.05) is 19.6 Å². The Balaban J connectivity index is 2.32. The average molecular weight is 262 g/mol. The van der Waals surface area contributed by atoms with Gasteiger partial charge in [0.1, 0.15) is 0 Å². The van der Waals surface area contributed by atoms with Gasteiger partial charge in [-0.1, -0.05) is 37.3 Å². The summed E-state index contributed by atoms with van der Waals surface area (Å²) in [5.74, 6) is 0. The Morgan fingerprint density at radius 3 is 2.32 bits per heavy atom. The van der Waals surface area contributed by atoms with Gasteiger partial charge in [0.25, 0.3) is 0 Å². The molecule has 0 aliphatic carbocycles. The predicted molar refractivity (Wildman–Crippen MR) is 84.4 cm³/mol. The van der Waals surface area contributed by atoms with Crippen molar-refractivity contribution >= 4 is 0 Å². The molecule has 0 amide bonds. The molecular formula is C17H30N2. The van der Waals surface area contributed by atoms with E-state index in [9.17, 15) is 0 Å². The van der Waals surface area contributed by atoms with Crippen LogP contribution in [0.2, 0.25) is 0 Å². The minimum atomic E-state index is 0.128. The second-order valence-electron chi connectivity index (χ2n) is 5.95. The van der Waals surface area contributed by atoms with Crippen molar-refractivity contribution in [1.82, 2.24) is 4.90 Å². The lowest BCUT2D eigenvalue weighted by atomic mass is 10.0. The average Bonchev–Trinajstić information content (AvgIpc) is 2.43. The molecule has 19 heavy (non-hydrogen) atoms. The largest absolute Gasteiger partial charge is 0.329 e. The van der Waals surface area contributed by atoms with Crippen molar-refractivity contribution in [3.8, 4) is 0 Å². The Bertz CT molecular complexity index is 332. The molecule has 0 heterocycles. The smallest absolute Gasteiger partial charge is 0.0275 e. The molecule has 0 radical (unpaired) electrons. The molecule has 2 N–H and O–H groups in total. The zero-order valence-electron chi connectivity index (χ0n) is 12.9. The highest BCUT2D eigenvalue weighted by Crippen LogP contribution is 2.15. The monoisotopic (exact) mass is 262 g/mol. The van der Waals surface area contributed by atoms with Gasteiger partial charge in [-0.3, -0.25) is 4.90 Å². The van der Waals surface area contributed by atoms with Crippen molar-refractivity contribution in [2.45, 2.75) is 52.0 Å². The second kappa shape index (κ2) is 8.34. The van der Waals surface area contributed by atoms with Crippen LogP contribution in [0.1, 0.15) is 45.6 Å². The number of nitrogens with zero attached hydrogens (tertiary/aromatic N) is 1. The van der Waals surface area contributed by atoms with E-state index in [1.54, 1.807) is 0 Å². The van der Waals surface area contributed by atoms with Gasteiger partial charge < -0.3 is 5.73 Å². The number of hydrogen-bond acceptors (Lipinski definition) is 2. The first-order valence-corrected chi connectivity index (χ1v) is 7.59. The molecule has 0 fully saturated rings. The van der Waals surface area contributed by atoms with E-state index >= 15 is 0 Å². The maximum Gasteiger partial charge on any atom is 0.0275 e. The van der Waals surface area contributed by atoms with Crippen molar-refractivity contribution in [3.63, 3.8) is 0 Å². The zero-order chi connectivity index (χ0) is 14.1. The number of unbranched alkanes of at least 4 members (excludes halogenated alkanes) is 1. The Kier molecular flexibility index (Phi) is 7.11. The lowest BCUT2D eigenvalue weighted by Crippen LogP contribution is -2.50. The van der Waals surface area contributed by atoms with Crippen molar-refractivity contribution in [1.29, 1.82) is 0 Å². The Morgan fingerprint density at radius 2 is 1.74 bits per heavy atom. The van der Waals surface area contributed by atoms with Crippen LogP contribution in [0, 0.1) is 0 Å². The molecule has 2 heteroatoms. The summed E-state index contributed by atoms with van der Waals surface area (Å²) in [7, 11) is 0. The van der Waals surface area contributed by atoms with Gasteiger partial charge in [0.05, 0.1) is 0 Å². The first-order chi connectivity index (χ1) is 9.10. The molecule has 0 aliphatic rings. The maximum atomic E-state index is 5.89. The number of benzene rings is 1. The molecule has 0 aromatic heterocycles. The lowest BCUT2D eigenvalue weighted by Gasteiger charge is -2.37. The summed E-state index contributed by atoms with van der Waals surface area (Å²) in [6.45, 7) is 9.77. The van der Waals surface area contributed by atoms with Crippen molar-refractivity contribution in [2.24, 2.45) is 5.73 Å². The number of rotatable bonds is 9. The van der Waals surface area contributed by atoms with Crippen LogP contribution in [0.3, 0.4) is 0 Å². The predicted octanol–water partition coefficient (Wildman–Crippen LogP) is 3.46. The van der Waals surface area contributed by atoms with Gasteiger partial charge in [0.15, 0.2) is 0 Å². The Hall–Kier alpha value is -0.860. The highest BCUT2D eigenvalue weighted by atomic mass is 15.2. The summed E-state index contributed by atoms with van der Waals surface area (Å²) in [5.41, 5.74) is 7.47. The normalized spacial score (nSPS) is 12.1. The third-order valence-corrected chi connectivity index (χ3v) is 3.84. The van der Waals surface area contributed by atoms with E-state index < -0.39 is 0 Å². The van der Waals surface area contributed by atoms with E-state index in [4.69, 9.17) is 5.73 Å². The minimum absolute atomic E-state index is 0.128. The molecule has 1 rings (SSSR count). The van der Waals surface area contributed by atoms with Crippen LogP contribution in [-0.2, 0) is 6.42 Å². The summed E-state index contributed by atoms with van der Waals surface area (Å²) < 4.78 is 0. The third-order valence-electron chi connectivity index (χ3n) is 3.84. The highest BCUT2D eigenvalue weighted by Gasteiger charge is 2.23. The lowest BCUT2D eigenvalue weighted by molar-refractivity contribution is 0.124. The number of aryl methyl sites for hydroxylation is 1. The van der Waals surface area contributed by atoms with E-state index in [0.717, 1.165) is 19.6 Å². The number of hydrogen-bond donors (Lipinski definition) is 1. The zero-order valence-corrected chi connectivity index (χ0v) is 12.9. The fourth-order valence-electron chi connectivity index (χ4n) is 2.39. The van der Waals surface area contributed by atoms with E-state index in [-0.39, 0.29) is 5.54 Å². The van der Waals surface area contributed by atoms with E-state index in [0.29, 0.717) is 0 Å². The van der Waals surface area contributed by atoms with E-state index in [1.807, 2.05) is 0 Å². The van der Waals surface area contributed by atoms with Crippen LogP contribution in [0.15, 0.2) is 30.3 Å². The van der Waals surface area contributed by atoms with Crippen molar-refractivity contribution < 1.29 is 0 Å². The summed E-state index contributed by atoms with van der Waals surface area (Å²) in [4.78, 5) is 2.54. The first kappa shape index (κ1) is 16.2. The molecule has 0 aliphatic heterocycles. The first-order valence-electron chi connectivity index (χ1n) is 7.59. The minimum Gasteiger partial charge on any atom is -0.329 e. The molecule has 0 atom stereocenters. The quantitative estimate of drug-likeness (QED) is 0.691. The van der Waals surface area contributed by atoms with Crippen LogP contribution in [-0.4, -0.2) is 30.1 Å². The fourth-order valence-corrected chi connectivity index (χ4v) is 2.39. The molecule has 2 nitrogen and oxygen atoms in total. The molecule has 0 unspecified atom stereocenters. The molecule has 0 saturated heterocycles. The van der Waals surface area contributed by atoms with Crippen LogP contribution in [0.4, 0.5) is 0 Å². The SMILES string of the molecule is CCCN(CCCCc1ccccc1)C(C)(C)CN. The van der Waals surface area contributed by atoms with Crippen LogP contribution >= 0.6 is 0 Å². The Labute approximate surface area is 119 Å². The molecule has 108 valence electrons. The summed E-state index contributed by atoms with van der Waals surface area (Å²) in [6, 6.07) is 10.8. The van der Waals surface area contributed by atoms with E-state index in [1.165, 1.54) is 31.2 Å². The maximum absolute atomic E-state index is 5.89. The molecule has 0 bridgehead atoms. The summed E-state index contributed by atoms with van der Waals surface area (Å²) >= 11 is 0. The van der Waals surface area contributed by atoms with Gasteiger partial charge in [-0.2, -0.15) is 0 Å². The van der Waals surface area contributed by atoms with Gasteiger partial charge in [0.2, 0.25) is 0 Å². The second-order valence-corrected chi connectivity index (χ2v) is 5.95. The molecule has 1 aromatic carbocycles. The van der Waals surface area contributed by atoms with Crippen LogP contribution < -0.4 is 5.73 Å². The van der Waals surface area contributed by atoms with Gasteiger partial charge in [-0.15, -0.1) is 0 Å².